The molecule has 2 rings (SSSR count). The van der Waals surface area contributed by atoms with Crippen molar-refractivity contribution in [1.29, 1.82) is 0 Å². The molecule has 19 heavy (non-hydrogen) atoms. The standard InChI is InChI=1S/C14H18N2O3/c1-19-12(17)11(10-5-3-2-4-6-10)16-13(18)14(9-15)7-8-14/h2-6,11H,7-9,15H2,1H3,(H,16,18). The minimum Gasteiger partial charge on any atom is -0.467 e. The number of rotatable bonds is 5. The number of hydrogen-bond acceptors (Lipinski definition) is 4. The predicted molar refractivity (Wildman–Crippen MR) is 70.1 cm³/mol. The van der Waals surface area contributed by atoms with Crippen molar-refractivity contribution < 1.29 is 14.3 Å². The first kappa shape index (κ1) is 13.5. The summed E-state index contributed by atoms with van der Waals surface area (Å²) < 4.78 is 4.75. The lowest BCUT2D eigenvalue weighted by atomic mass is 10.0. The molecular formula is C14H18N2O3. The molecule has 0 radical (unpaired) electrons. The SMILES string of the molecule is COC(=O)C(NC(=O)C1(CN)CC1)c1ccccc1. The van der Waals surface area contributed by atoms with Crippen molar-refractivity contribution in [3.8, 4) is 0 Å². The average molecular weight is 262 g/mol. The summed E-state index contributed by atoms with van der Waals surface area (Å²) in [5, 5.41) is 2.74. The Kier molecular flexibility index (Phi) is 3.85. The molecular weight excluding hydrogens is 244 g/mol. The van der Waals surface area contributed by atoms with Gasteiger partial charge in [0.1, 0.15) is 0 Å². The number of hydrogen-bond donors (Lipinski definition) is 2. The van der Waals surface area contributed by atoms with Gasteiger partial charge in [0.25, 0.3) is 0 Å². The number of carbonyl (C=O) groups excluding carboxylic acids is 2. The highest BCUT2D eigenvalue weighted by Crippen LogP contribution is 2.45. The zero-order valence-electron chi connectivity index (χ0n) is 10.9. The first-order chi connectivity index (χ1) is 9.13. The van der Waals surface area contributed by atoms with Crippen molar-refractivity contribution in [2.24, 2.45) is 11.1 Å². The van der Waals surface area contributed by atoms with Gasteiger partial charge in [-0.1, -0.05) is 30.3 Å². The molecule has 0 spiro atoms. The first-order valence-electron chi connectivity index (χ1n) is 6.27. The Morgan fingerprint density at radius 2 is 2.00 bits per heavy atom. The van der Waals surface area contributed by atoms with Crippen molar-refractivity contribution in [2.75, 3.05) is 13.7 Å². The van der Waals surface area contributed by atoms with Gasteiger partial charge < -0.3 is 15.8 Å². The maximum Gasteiger partial charge on any atom is 0.333 e. The van der Waals surface area contributed by atoms with E-state index in [2.05, 4.69) is 5.32 Å². The van der Waals surface area contributed by atoms with Crippen LogP contribution in [-0.4, -0.2) is 25.5 Å². The van der Waals surface area contributed by atoms with Crippen LogP contribution < -0.4 is 11.1 Å². The van der Waals surface area contributed by atoms with Gasteiger partial charge in [-0.05, 0) is 18.4 Å². The van der Waals surface area contributed by atoms with Crippen LogP contribution in [0, 0.1) is 5.41 Å². The van der Waals surface area contributed by atoms with Crippen LogP contribution in [0.1, 0.15) is 24.4 Å². The number of carbonyl (C=O) groups is 2. The van der Waals surface area contributed by atoms with Gasteiger partial charge in [-0.2, -0.15) is 0 Å². The Hall–Kier alpha value is -1.88. The van der Waals surface area contributed by atoms with Crippen LogP contribution in [0.4, 0.5) is 0 Å². The maximum atomic E-state index is 12.2. The lowest BCUT2D eigenvalue weighted by Gasteiger charge is -2.20. The molecule has 3 N–H and O–H groups in total. The summed E-state index contributed by atoms with van der Waals surface area (Å²) in [5.74, 6) is -0.651. The Morgan fingerprint density at radius 1 is 1.37 bits per heavy atom. The molecule has 1 aliphatic carbocycles. The van der Waals surface area contributed by atoms with E-state index in [1.807, 2.05) is 18.2 Å². The predicted octanol–water partition coefficient (Wildman–Crippen LogP) is 0.756. The quantitative estimate of drug-likeness (QED) is 0.767. The lowest BCUT2D eigenvalue weighted by Crippen LogP contribution is -2.41. The van der Waals surface area contributed by atoms with Crippen LogP contribution in [0.3, 0.4) is 0 Å². The molecule has 1 unspecified atom stereocenters. The number of amides is 1. The van der Waals surface area contributed by atoms with Crippen molar-refractivity contribution in [3.63, 3.8) is 0 Å². The second-order valence-corrected chi connectivity index (χ2v) is 4.82. The van der Waals surface area contributed by atoms with Gasteiger partial charge in [0.2, 0.25) is 5.91 Å². The van der Waals surface area contributed by atoms with E-state index in [-0.39, 0.29) is 5.91 Å². The highest BCUT2D eigenvalue weighted by atomic mass is 16.5. The summed E-state index contributed by atoms with van der Waals surface area (Å²) in [7, 11) is 1.31. The van der Waals surface area contributed by atoms with Crippen LogP contribution >= 0.6 is 0 Å². The number of benzene rings is 1. The highest BCUT2D eigenvalue weighted by Gasteiger charge is 2.49. The van der Waals surface area contributed by atoms with E-state index in [0.717, 1.165) is 12.8 Å². The van der Waals surface area contributed by atoms with Crippen molar-refractivity contribution in [1.82, 2.24) is 5.32 Å². The summed E-state index contributed by atoms with van der Waals surface area (Å²) >= 11 is 0. The topological polar surface area (TPSA) is 81.4 Å². The molecule has 0 heterocycles. The highest BCUT2D eigenvalue weighted by molar-refractivity contribution is 5.90. The van der Waals surface area contributed by atoms with E-state index in [0.29, 0.717) is 12.1 Å². The van der Waals surface area contributed by atoms with Gasteiger partial charge in [-0.25, -0.2) is 4.79 Å². The van der Waals surface area contributed by atoms with Gasteiger partial charge in [0.15, 0.2) is 6.04 Å². The maximum absolute atomic E-state index is 12.2. The number of nitrogens with one attached hydrogen (secondary N) is 1. The molecule has 0 aromatic heterocycles. The average Bonchev–Trinajstić information content (AvgIpc) is 3.25. The van der Waals surface area contributed by atoms with Gasteiger partial charge >= 0.3 is 5.97 Å². The zero-order valence-corrected chi connectivity index (χ0v) is 10.9. The molecule has 0 bridgehead atoms. The van der Waals surface area contributed by atoms with E-state index in [9.17, 15) is 9.59 Å². The van der Waals surface area contributed by atoms with E-state index < -0.39 is 17.4 Å². The molecule has 1 aromatic carbocycles. The summed E-state index contributed by atoms with van der Waals surface area (Å²) in [6.45, 7) is 0.307. The fourth-order valence-electron chi connectivity index (χ4n) is 2.00. The molecule has 5 heteroatoms. The Labute approximate surface area is 112 Å². The summed E-state index contributed by atoms with van der Waals surface area (Å²) in [6.07, 6.45) is 1.55. The normalized spacial score (nSPS) is 17.4. The first-order valence-corrected chi connectivity index (χ1v) is 6.27. The van der Waals surface area contributed by atoms with Crippen molar-refractivity contribution >= 4 is 11.9 Å². The van der Waals surface area contributed by atoms with E-state index in [1.54, 1.807) is 12.1 Å². The molecule has 1 atom stereocenters. The minimum atomic E-state index is -0.775. The summed E-state index contributed by atoms with van der Waals surface area (Å²) in [5.41, 5.74) is 5.83. The molecule has 1 fully saturated rings. The van der Waals surface area contributed by atoms with E-state index >= 15 is 0 Å². The van der Waals surface area contributed by atoms with Crippen LogP contribution in [0.15, 0.2) is 30.3 Å². The lowest BCUT2D eigenvalue weighted by molar-refractivity contribution is -0.146. The van der Waals surface area contributed by atoms with Gasteiger partial charge in [0.05, 0.1) is 12.5 Å². The smallest absolute Gasteiger partial charge is 0.333 e. The molecule has 1 aliphatic rings. The van der Waals surface area contributed by atoms with Crippen LogP contribution in [0.25, 0.3) is 0 Å². The third-order valence-corrected chi connectivity index (χ3v) is 3.57. The summed E-state index contributed by atoms with van der Waals surface area (Å²) in [6, 6.07) is 8.26. The number of ether oxygens (including phenoxy) is 1. The molecule has 5 nitrogen and oxygen atoms in total. The number of esters is 1. The molecule has 1 amide bonds. The van der Waals surface area contributed by atoms with Crippen molar-refractivity contribution in [3.05, 3.63) is 35.9 Å². The second kappa shape index (κ2) is 5.40. The second-order valence-electron chi connectivity index (χ2n) is 4.82. The van der Waals surface area contributed by atoms with Gasteiger partial charge in [-0.3, -0.25) is 4.79 Å². The fourth-order valence-corrected chi connectivity index (χ4v) is 2.00. The Balaban J connectivity index is 2.16. The fraction of sp³-hybridized carbons (Fsp3) is 0.429. The molecule has 0 aliphatic heterocycles. The van der Waals surface area contributed by atoms with Crippen LogP contribution in [0.2, 0.25) is 0 Å². The Morgan fingerprint density at radius 3 is 2.47 bits per heavy atom. The number of methoxy groups -OCH3 is 1. The zero-order chi connectivity index (χ0) is 13.9. The molecule has 1 aromatic rings. The van der Waals surface area contributed by atoms with Crippen molar-refractivity contribution in [2.45, 2.75) is 18.9 Å². The van der Waals surface area contributed by atoms with Gasteiger partial charge in [-0.15, -0.1) is 0 Å². The number of nitrogens with two attached hydrogens (primary N) is 1. The van der Waals surface area contributed by atoms with Gasteiger partial charge in [0, 0.05) is 6.54 Å². The largest absolute Gasteiger partial charge is 0.467 e. The van der Waals surface area contributed by atoms with Crippen LogP contribution in [-0.2, 0) is 14.3 Å². The monoisotopic (exact) mass is 262 g/mol. The van der Waals surface area contributed by atoms with Crippen LogP contribution in [0.5, 0.6) is 0 Å². The molecule has 0 saturated heterocycles. The molecule has 1 saturated carbocycles. The Bertz CT molecular complexity index is 469. The van der Waals surface area contributed by atoms with E-state index in [1.165, 1.54) is 7.11 Å². The third-order valence-electron chi connectivity index (χ3n) is 3.57. The molecule has 102 valence electrons. The van der Waals surface area contributed by atoms with E-state index in [4.69, 9.17) is 10.5 Å². The minimum absolute atomic E-state index is 0.172. The summed E-state index contributed by atoms with van der Waals surface area (Å²) in [4.78, 5) is 24.0. The third kappa shape index (κ3) is 2.76.